The molecule has 2 aromatic rings. The Hall–Kier alpha value is -2.36. The summed E-state index contributed by atoms with van der Waals surface area (Å²) in [5.41, 5.74) is 0.419. The molecule has 0 saturated carbocycles. The summed E-state index contributed by atoms with van der Waals surface area (Å²) in [5, 5.41) is 11.0. The molecule has 23 heavy (non-hydrogen) atoms. The third kappa shape index (κ3) is 5.09. The van der Waals surface area contributed by atoms with Crippen molar-refractivity contribution in [1.82, 2.24) is 4.90 Å². The van der Waals surface area contributed by atoms with Gasteiger partial charge in [0.25, 0.3) is 5.91 Å². The zero-order valence-electron chi connectivity index (χ0n) is 12.9. The van der Waals surface area contributed by atoms with Crippen molar-refractivity contribution in [2.24, 2.45) is 0 Å². The Balaban J connectivity index is 1.98. The Kier molecular flexibility index (Phi) is 6.60. The van der Waals surface area contributed by atoms with E-state index in [9.17, 15) is 4.79 Å². The molecule has 0 aliphatic rings. The van der Waals surface area contributed by atoms with Crippen LogP contribution in [0.5, 0.6) is 5.75 Å². The van der Waals surface area contributed by atoms with Crippen LogP contribution in [0.4, 0.5) is 0 Å². The highest BCUT2D eigenvalue weighted by atomic mass is 32.1. The van der Waals surface area contributed by atoms with Crippen LogP contribution in [-0.2, 0) is 16.1 Å². The van der Waals surface area contributed by atoms with Crippen molar-refractivity contribution in [1.29, 1.82) is 5.26 Å². The second-order valence-corrected chi connectivity index (χ2v) is 5.82. The summed E-state index contributed by atoms with van der Waals surface area (Å²) in [5.74, 6) is 0.286. The molecule has 120 valence electrons. The number of rotatable bonds is 8. The Labute approximate surface area is 139 Å². The third-order valence-corrected chi connectivity index (χ3v) is 4.06. The van der Waals surface area contributed by atoms with Crippen molar-refractivity contribution >= 4 is 17.2 Å². The molecule has 6 heteroatoms. The predicted molar refractivity (Wildman–Crippen MR) is 88.3 cm³/mol. The van der Waals surface area contributed by atoms with Gasteiger partial charge in [-0.3, -0.25) is 4.79 Å². The van der Waals surface area contributed by atoms with Crippen LogP contribution in [0.3, 0.4) is 0 Å². The largest absolute Gasteiger partial charge is 0.482 e. The summed E-state index contributed by atoms with van der Waals surface area (Å²) in [6, 6.07) is 12.9. The molecule has 1 amide bonds. The van der Waals surface area contributed by atoms with E-state index in [0.717, 1.165) is 4.88 Å². The van der Waals surface area contributed by atoms with Crippen molar-refractivity contribution in [3.8, 4) is 11.8 Å². The van der Waals surface area contributed by atoms with Crippen LogP contribution in [-0.4, -0.2) is 37.7 Å². The van der Waals surface area contributed by atoms with Gasteiger partial charge in [-0.1, -0.05) is 18.2 Å². The number of para-hydroxylation sites is 1. The molecular formula is C17H18N2O3S. The molecule has 0 unspecified atom stereocenters. The lowest BCUT2D eigenvalue weighted by Gasteiger charge is -2.22. The topological polar surface area (TPSA) is 62.6 Å². The number of benzene rings is 1. The van der Waals surface area contributed by atoms with E-state index in [0.29, 0.717) is 31.0 Å². The van der Waals surface area contributed by atoms with E-state index in [1.807, 2.05) is 17.5 Å². The number of hydrogen-bond acceptors (Lipinski definition) is 5. The number of ether oxygens (including phenoxy) is 2. The van der Waals surface area contributed by atoms with E-state index in [1.165, 1.54) is 0 Å². The van der Waals surface area contributed by atoms with E-state index in [1.54, 1.807) is 47.6 Å². The van der Waals surface area contributed by atoms with E-state index >= 15 is 0 Å². The lowest BCUT2D eigenvalue weighted by molar-refractivity contribution is -0.134. The lowest BCUT2D eigenvalue weighted by atomic mass is 10.2. The fourth-order valence-corrected chi connectivity index (χ4v) is 2.72. The van der Waals surface area contributed by atoms with E-state index in [-0.39, 0.29) is 12.5 Å². The van der Waals surface area contributed by atoms with Gasteiger partial charge in [0.1, 0.15) is 11.8 Å². The molecule has 0 bridgehead atoms. The molecule has 0 fully saturated rings. The SMILES string of the molecule is COCCN(Cc1cccs1)C(=O)COc1ccccc1C#N. The number of amides is 1. The molecule has 2 rings (SSSR count). The second kappa shape index (κ2) is 8.93. The Morgan fingerprint density at radius 2 is 2.13 bits per heavy atom. The first-order valence-corrected chi connectivity index (χ1v) is 8.03. The first-order chi connectivity index (χ1) is 11.2. The maximum absolute atomic E-state index is 12.4. The fraction of sp³-hybridized carbons (Fsp3) is 0.294. The summed E-state index contributed by atoms with van der Waals surface area (Å²) in [6.07, 6.45) is 0. The molecule has 1 aromatic heterocycles. The maximum atomic E-state index is 12.4. The Morgan fingerprint density at radius 1 is 1.30 bits per heavy atom. The molecule has 0 saturated heterocycles. The van der Waals surface area contributed by atoms with E-state index in [4.69, 9.17) is 14.7 Å². The van der Waals surface area contributed by atoms with E-state index < -0.39 is 0 Å². The molecular weight excluding hydrogens is 312 g/mol. The first-order valence-electron chi connectivity index (χ1n) is 7.15. The van der Waals surface area contributed by atoms with Gasteiger partial charge in [0.15, 0.2) is 6.61 Å². The highest BCUT2D eigenvalue weighted by Gasteiger charge is 2.16. The normalized spacial score (nSPS) is 10.1. The minimum atomic E-state index is -0.136. The molecule has 0 N–H and O–H groups in total. The van der Waals surface area contributed by atoms with E-state index in [2.05, 4.69) is 6.07 Å². The standard InChI is InChI=1S/C17H18N2O3S/c1-21-9-8-19(12-15-6-4-10-23-15)17(20)13-22-16-7-3-2-5-14(16)11-18/h2-7,10H,8-9,12-13H2,1H3. The summed E-state index contributed by atoms with van der Waals surface area (Å²) < 4.78 is 10.6. The second-order valence-electron chi connectivity index (χ2n) is 4.78. The van der Waals surface area contributed by atoms with Crippen LogP contribution in [0, 0.1) is 11.3 Å². The quantitative estimate of drug-likeness (QED) is 0.746. The average molecular weight is 330 g/mol. The first kappa shape index (κ1) is 17.0. The maximum Gasteiger partial charge on any atom is 0.260 e. The minimum Gasteiger partial charge on any atom is -0.482 e. The summed E-state index contributed by atoms with van der Waals surface area (Å²) in [4.78, 5) is 15.2. The monoisotopic (exact) mass is 330 g/mol. The van der Waals surface area contributed by atoms with Gasteiger partial charge in [-0.15, -0.1) is 11.3 Å². The minimum absolute atomic E-state index is 0.103. The Bertz CT molecular complexity index is 665. The zero-order chi connectivity index (χ0) is 16.5. The van der Waals surface area contributed by atoms with Crippen LogP contribution < -0.4 is 4.74 Å². The molecule has 0 spiro atoms. The zero-order valence-corrected chi connectivity index (χ0v) is 13.7. The highest BCUT2D eigenvalue weighted by Crippen LogP contribution is 2.17. The number of carbonyl (C=O) groups excluding carboxylic acids is 1. The number of hydrogen-bond donors (Lipinski definition) is 0. The number of nitrogens with zero attached hydrogens (tertiary/aromatic N) is 2. The van der Waals surface area contributed by atoms with Crippen LogP contribution in [0.2, 0.25) is 0 Å². The van der Waals surface area contributed by atoms with Crippen molar-refractivity contribution < 1.29 is 14.3 Å². The summed E-state index contributed by atoms with van der Waals surface area (Å²) in [6.45, 7) is 1.39. The van der Waals surface area contributed by atoms with Crippen LogP contribution in [0.1, 0.15) is 10.4 Å². The smallest absolute Gasteiger partial charge is 0.260 e. The number of carbonyl (C=O) groups is 1. The predicted octanol–water partition coefficient (Wildman–Crippen LogP) is 2.67. The van der Waals surface area contributed by atoms with Gasteiger partial charge in [-0.05, 0) is 23.6 Å². The summed E-state index contributed by atoms with van der Waals surface area (Å²) in [7, 11) is 1.60. The number of nitriles is 1. The van der Waals surface area contributed by atoms with Crippen LogP contribution >= 0.6 is 11.3 Å². The van der Waals surface area contributed by atoms with Crippen molar-refractivity contribution in [2.75, 3.05) is 26.9 Å². The number of thiophene rings is 1. The lowest BCUT2D eigenvalue weighted by Crippen LogP contribution is -2.36. The van der Waals surface area contributed by atoms with Gasteiger partial charge in [-0.25, -0.2) is 0 Å². The molecule has 0 atom stereocenters. The molecule has 0 aliphatic carbocycles. The van der Waals surface area contributed by atoms with Crippen molar-refractivity contribution in [3.05, 3.63) is 52.2 Å². The fourth-order valence-electron chi connectivity index (χ4n) is 2.00. The van der Waals surface area contributed by atoms with Gasteiger partial charge >= 0.3 is 0 Å². The van der Waals surface area contributed by atoms with Crippen molar-refractivity contribution in [2.45, 2.75) is 6.54 Å². The summed E-state index contributed by atoms with van der Waals surface area (Å²) >= 11 is 1.60. The third-order valence-electron chi connectivity index (χ3n) is 3.20. The van der Waals surface area contributed by atoms with Gasteiger partial charge in [0, 0.05) is 18.5 Å². The molecule has 5 nitrogen and oxygen atoms in total. The van der Waals surface area contributed by atoms with Gasteiger partial charge in [0.2, 0.25) is 0 Å². The molecule has 1 heterocycles. The van der Waals surface area contributed by atoms with Crippen LogP contribution in [0.25, 0.3) is 0 Å². The highest BCUT2D eigenvalue weighted by molar-refractivity contribution is 7.09. The average Bonchev–Trinajstić information content (AvgIpc) is 3.09. The van der Waals surface area contributed by atoms with Gasteiger partial charge in [0.05, 0.1) is 18.7 Å². The number of methoxy groups -OCH3 is 1. The molecule has 0 aliphatic heterocycles. The molecule has 0 radical (unpaired) electrons. The van der Waals surface area contributed by atoms with Crippen molar-refractivity contribution in [3.63, 3.8) is 0 Å². The van der Waals surface area contributed by atoms with Crippen LogP contribution in [0.15, 0.2) is 41.8 Å². The van der Waals surface area contributed by atoms with Gasteiger partial charge in [-0.2, -0.15) is 5.26 Å². The molecule has 1 aromatic carbocycles. The van der Waals surface area contributed by atoms with Gasteiger partial charge < -0.3 is 14.4 Å². The Morgan fingerprint density at radius 3 is 2.83 bits per heavy atom.